The fourth-order valence-electron chi connectivity index (χ4n) is 3.02. The van der Waals surface area contributed by atoms with E-state index < -0.39 is 23.7 Å². The van der Waals surface area contributed by atoms with Crippen LogP contribution >= 0.6 is 11.8 Å². The van der Waals surface area contributed by atoms with Gasteiger partial charge < -0.3 is 14.8 Å². The molecule has 1 N–H and O–H groups in total. The van der Waals surface area contributed by atoms with E-state index in [-0.39, 0.29) is 0 Å². The first-order valence-corrected chi connectivity index (χ1v) is 11.4. The minimum Gasteiger partial charge on any atom is -0.467 e. The molecule has 5 nitrogen and oxygen atoms in total. The van der Waals surface area contributed by atoms with Crippen molar-refractivity contribution in [3.05, 3.63) is 0 Å². The summed E-state index contributed by atoms with van der Waals surface area (Å²) in [5.74, 6) is 0.351. The Morgan fingerprint density at radius 1 is 1.00 bits per heavy atom. The number of unbranched alkanes of at least 4 members (excludes halogenated alkanes) is 3. The maximum absolute atomic E-state index is 12.6. The third-order valence-electron chi connectivity index (χ3n) is 4.66. The summed E-state index contributed by atoms with van der Waals surface area (Å²) in [7, 11) is 1.34. The van der Waals surface area contributed by atoms with Gasteiger partial charge in [0, 0.05) is 0 Å². The average molecular weight is 390 g/mol. The summed E-state index contributed by atoms with van der Waals surface area (Å²) in [4.78, 5) is 24.5. The highest BCUT2D eigenvalue weighted by Gasteiger charge is 2.34. The van der Waals surface area contributed by atoms with Crippen molar-refractivity contribution < 1.29 is 19.1 Å². The van der Waals surface area contributed by atoms with Crippen LogP contribution in [0.4, 0.5) is 4.79 Å². The van der Waals surface area contributed by atoms with Crippen LogP contribution in [-0.4, -0.2) is 42.8 Å². The van der Waals surface area contributed by atoms with Crippen molar-refractivity contribution in [3.63, 3.8) is 0 Å². The Kier molecular flexibility index (Phi) is 14.6. The molecule has 0 aliphatic heterocycles. The van der Waals surface area contributed by atoms with Crippen molar-refractivity contribution in [3.8, 4) is 0 Å². The second-order valence-electron chi connectivity index (χ2n) is 6.88. The van der Waals surface area contributed by atoms with Crippen LogP contribution in [0.3, 0.4) is 0 Å². The number of hydrogen-bond acceptors (Lipinski definition) is 5. The van der Waals surface area contributed by atoms with Crippen molar-refractivity contribution >= 4 is 23.8 Å². The first-order chi connectivity index (χ1) is 12.5. The summed E-state index contributed by atoms with van der Waals surface area (Å²) in [6, 6.07) is -0.652. The molecule has 0 aliphatic rings. The molecular weight excluding hydrogens is 350 g/mol. The van der Waals surface area contributed by atoms with Gasteiger partial charge in [-0.2, -0.15) is 11.8 Å². The van der Waals surface area contributed by atoms with Crippen LogP contribution in [0, 0.1) is 0 Å². The molecule has 154 valence electrons. The van der Waals surface area contributed by atoms with E-state index in [0.717, 1.165) is 63.5 Å². The maximum Gasteiger partial charge on any atom is 0.408 e. The molecule has 0 aromatic rings. The number of ether oxygens (including phenoxy) is 2. The van der Waals surface area contributed by atoms with Gasteiger partial charge in [0.2, 0.25) is 0 Å². The predicted octanol–water partition coefficient (Wildman–Crippen LogP) is 5.32. The normalized spacial score (nSPS) is 12.5. The second kappa shape index (κ2) is 15.2. The Labute approximate surface area is 164 Å². The van der Waals surface area contributed by atoms with Crippen molar-refractivity contribution in [2.45, 2.75) is 96.6 Å². The zero-order valence-corrected chi connectivity index (χ0v) is 18.2. The number of methoxy groups -OCH3 is 1. The Balaban J connectivity index is 5.10. The van der Waals surface area contributed by atoms with Crippen LogP contribution in [0.25, 0.3) is 0 Å². The van der Waals surface area contributed by atoms with E-state index in [4.69, 9.17) is 9.47 Å². The zero-order valence-electron chi connectivity index (χ0n) is 17.4. The molecule has 6 heteroatoms. The standard InChI is InChI=1S/C20H39NO4S/c1-6-9-13-20(14-10-7-2,15-11-8-3)25-19(23)21-17(12-16-26-5)18(22)24-4/h17H,6-16H2,1-5H3,(H,21,23). The number of nitrogens with one attached hydrogen (secondary N) is 1. The number of rotatable bonds is 15. The van der Waals surface area contributed by atoms with Crippen molar-refractivity contribution in [2.24, 2.45) is 0 Å². The third kappa shape index (κ3) is 10.3. The molecule has 0 saturated heterocycles. The van der Waals surface area contributed by atoms with Gasteiger partial charge in [0.25, 0.3) is 0 Å². The first-order valence-electron chi connectivity index (χ1n) is 10.0. The van der Waals surface area contributed by atoms with Gasteiger partial charge in [0.05, 0.1) is 7.11 Å². The summed E-state index contributed by atoms with van der Waals surface area (Å²) in [5, 5.41) is 2.74. The Bertz CT molecular complexity index is 368. The van der Waals surface area contributed by atoms with Crippen LogP contribution in [0.1, 0.15) is 85.0 Å². The van der Waals surface area contributed by atoms with E-state index in [1.807, 2.05) is 6.26 Å². The molecule has 0 aromatic carbocycles. The van der Waals surface area contributed by atoms with Crippen LogP contribution in [0.15, 0.2) is 0 Å². The SMILES string of the molecule is CCCCC(CCCC)(CCCC)OC(=O)NC(CCSC)C(=O)OC. The minimum atomic E-state index is -0.652. The van der Waals surface area contributed by atoms with E-state index in [9.17, 15) is 9.59 Å². The third-order valence-corrected chi connectivity index (χ3v) is 5.30. The average Bonchev–Trinajstić information content (AvgIpc) is 2.65. The lowest BCUT2D eigenvalue weighted by Crippen LogP contribution is -2.46. The van der Waals surface area contributed by atoms with Crippen LogP contribution < -0.4 is 5.32 Å². The summed E-state index contributed by atoms with van der Waals surface area (Å²) in [6.45, 7) is 6.46. The first kappa shape index (κ1) is 25.1. The molecule has 1 atom stereocenters. The lowest BCUT2D eigenvalue weighted by Gasteiger charge is -2.34. The Hall–Kier alpha value is -0.910. The number of thioether (sulfide) groups is 1. The molecule has 0 aliphatic carbocycles. The van der Waals surface area contributed by atoms with Gasteiger partial charge in [-0.25, -0.2) is 9.59 Å². The molecule has 0 rings (SSSR count). The fraction of sp³-hybridized carbons (Fsp3) is 0.900. The van der Waals surface area contributed by atoms with E-state index in [1.54, 1.807) is 11.8 Å². The molecule has 0 radical (unpaired) electrons. The van der Waals surface area contributed by atoms with Gasteiger partial charge in [-0.1, -0.05) is 40.0 Å². The van der Waals surface area contributed by atoms with Gasteiger partial charge in [0.15, 0.2) is 0 Å². The summed E-state index contributed by atoms with van der Waals surface area (Å²) >= 11 is 1.63. The number of carbonyl (C=O) groups excluding carboxylic acids is 2. The molecule has 0 fully saturated rings. The smallest absolute Gasteiger partial charge is 0.408 e. The quantitative estimate of drug-likeness (QED) is 0.384. The second-order valence-corrected chi connectivity index (χ2v) is 7.87. The fourth-order valence-corrected chi connectivity index (χ4v) is 3.49. The summed E-state index contributed by atoms with van der Waals surface area (Å²) < 4.78 is 10.8. The van der Waals surface area contributed by atoms with E-state index >= 15 is 0 Å². The molecule has 0 bridgehead atoms. The monoisotopic (exact) mass is 389 g/mol. The van der Waals surface area contributed by atoms with E-state index in [0.29, 0.717) is 6.42 Å². The van der Waals surface area contributed by atoms with Gasteiger partial charge in [-0.3, -0.25) is 0 Å². The van der Waals surface area contributed by atoms with Gasteiger partial charge in [-0.05, 0) is 57.0 Å². The largest absolute Gasteiger partial charge is 0.467 e. The lowest BCUT2D eigenvalue weighted by molar-refractivity contribution is -0.143. The number of hydrogen-bond donors (Lipinski definition) is 1. The van der Waals surface area contributed by atoms with Crippen molar-refractivity contribution in [2.75, 3.05) is 19.1 Å². The van der Waals surface area contributed by atoms with Gasteiger partial charge in [0.1, 0.15) is 11.6 Å². The zero-order chi connectivity index (χ0) is 19.8. The number of carbonyl (C=O) groups is 2. The highest BCUT2D eigenvalue weighted by atomic mass is 32.2. The molecular formula is C20H39NO4S. The van der Waals surface area contributed by atoms with Gasteiger partial charge >= 0.3 is 12.1 Å². The summed E-state index contributed by atoms with van der Waals surface area (Å²) in [6.07, 6.45) is 11.0. The summed E-state index contributed by atoms with van der Waals surface area (Å²) in [5.41, 5.74) is -0.424. The van der Waals surface area contributed by atoms with Crippen LogP contribution in [0.5, 0.6) is 0 Å². The molecule has 26 heavy (non-hydrogen) atoms. The topological polar surface area (TPSA) is 64.6 Å². The lowest BCUT2D eigenvalue weighted by atomic mass is 9.86. The minimum absolute atomic E-state index is 0.419. The van der Waals surface area contributed by atoms with Crippen LogP contribution in [-0.2, 0) is 14.3 Å². The predicted molar refractivity (Wildman–Crippen MR) is 110 cm³/mol. The van der Waals surface area contributed by atoms with Crippen LogP contribution in [0.2, 0.25) is 0 Å². The molecule has 1 unspecified atom stereocenters. The molecule has 0 aromatic heterocycles. The van der Waals surface area contributed by atoms with Crippen molar-refractivity contribution in [1.29, 1.82) is 0 Å². The highest BCUT2D eigenvalue weighted by Crippen LogP contribution is 2.32. The molecule has 0 spiro atoms. The number of esters is 1. The Morgan fingerprint density at radius 2 is 1.50 bits per heavy atom. The van der Waals surface area contributed by atoms with Crippen molar-refractivity contribution in [1.82, 2.24) is 5.32 Å². The number of alkyl carbamates (subject to hydrolysis) is 1. The molecule has 0 saturated carbocycles. The Morgan fingerprint density at radius 3 is 1.88 bits per heavy atom. The number of amides is 1. The van der Waals surface area contributed by atoms with E-state index in [2.05, 4.69) is 26.1 Å². The van der Waals surface area contributed by atoms with Gasteiger partial charge in [-0.15, -0.1) is 0 Å². The molecule has 0 heterocycles. The molecule has 1 amide bonds. The highest BCUT2D eigenvalue weighted by molar-refractivity contribution is 7.98. The van der Waals surface area contributed by atoms with E-state index in [1.165, 1.54) is 7.11 Å². The maximum atomic E-state index is 12.6.